The molecule has 0 spiro atoms. The van der Waals surface area contributed by atoms with Gasteiger partial charge in [0.1, 0.15) is 5.92 Å². The lowest BCUT2D eigenvalue weighted by atomic mass is 9.79. The minimum absolute atomic E-state index is 0.0246. The van der Waals surface area contributed by atoms with E-state index in [1.807, 2.05) is 25.1 Å². The van der Waals surface area contributed by atoms with Gasteiger partial charge in [0.15, 0.2) is 22.3 Å². The van der Waals surface area contributed by atoms with Crippen molar-refractivity contribution < 1.29 is 14.3 Å². The molecule has 0 unspecified atom stereocenters. The molecule has 2 aliphatic rings. The number of carbonyl (C=O) groups excluding carboxylic acids is 1. The van der Waals surface area contributed by atoms with Gasteiger partial charge in [0.25, 0.3) is 0 Å². The molecular formula is C15H19N3O3S. The first-order valence-electron chi connectivity index (χ1n) is 7.03. The molecule has 6 nitrogen and oxygen atoms in total. The monoisotopic (exact) mass is 321 g/mol. The summed E-state index contributed by atoms with van der Waals surface area (Å²) in [5, 5.41) is 6.78. The molecule has 0 aliphatic carbocycles. The maximum absolute atomic E-state index is 12.7. The van der Waals surface area contributed by atoms with Crippen LogP contribution in [-0.2, 0) is 4.79 Å². The van der Waals surface area contributed by atoms with Crippen molar-refractivity contribution in [3.05, 3.63) is 23.8 Å². The first-order valence-corrected chi connectivity index (χ1v) is 7.44. The smallest absolute Gasteiger partial charge is 0.233 e. The summed E-state index contributed by atoms with van der Waals surface area (Å²) in [6.45, 7) is 1.84. The van der Waals surface area contributed by atoms with Gasteiger partial charge in [0, 0.05) is 19.7 Å². The number of rotatable bonds is 2. The number of nitrogens with one attached hydrogen (secondary N) is 2. The van der Waals surface area contributed by atoms with Gasteiger partial charge in [-0.3, -0.25) is 4.79 Å². The fourth-order valence-corrected chi connectivity index (χ4v) is 3.47. The molecule has 2 heterocycles. The zero-order valence-corrected chi connectivity index (χ0v) is 13.8. The first-order chi connectivity index (χ1) is 10.4. The lowest BCUT2D eigenvalue weighted by Gasteiger charge is -2.51. The Bertz CT molecular complexity index is 649. The summed E-state index contributed by atoms with van der Waals surface area (Å²) in [6.07, 6.45) is 0. The van der Waals surface area contributed by atoms with E-state index in [0.717, 1.165) is 5.56 Å². The molecule has 7 heteroatoms. The van der Waals surface area contributed by atoms with Gasteiger partial charge in [-0.25, -0.2) is 0 Å². The zero-order chi connectivity index (χ0) is 16.1. The van der Waals surface area contributed by atoms with Crippen molar-refractivity contribution in [1.82, 2.24) is 15.5 Å². The lowest BCUT2D eigenvalue weighted by Crippen LogP contribution is -2.70. The molecule has 1 fully saturated rings. The van der Waals surface area contributed by atoms with E-state index in [0.29, 0.717) is 16.6 Å². The zero-order valence-electron chi connectivity index (χ0n) is 13.0. The van der Waals surface area contributed by atoms with Gasteiger partial charge < -0.3 is 25.0 Å². The average molecular weight is 321 g/mol. The summed E-state index contributed by atoms with van der Waals surface area (Å²) in [4.78, 5) is 14.3. The van der Waals surface area contributed by atoms with E-state index in [-0.39, 0.29) is 11.9 Å². The largest absolute Gasteiger partial charge is 0.493 e. The second-order valence-corrected chi connectivity index (χ2v) is 6.28. The van der Waals surface area contributed by atoms with E-state index in [1.165, 1.54) is 0 Å². The molecular weight excluding hydrogens is 302 g/mol. The molecule has 0 saturated carbocycles. The summed E-state index contributed by atoms with van der Waals surface area (Å²) < 4.78 is 11.5. The van der Waals surface area contributed by atoms with E-state index in [2.05, 4.69) is 10.6 Å². The van der Waals surface area contributed by atoms with Crippen molar-refractivity contribution in [1.29, 1.82) is 0 Å². The first kappa shape index (κ1) is 14.9. The van der Waals surface area contributed by atoms with Crippen LogP contribution in [-0.4, -0.2) is 42.8 Å². The SMILES string of the molecule is COc1cccc2c1O[C@@]1(C)NC(=S)N[C@H]2[C@H]1C(=O)N(C)C. The Morgan fingerprint density at radius 3 is 2.82 bits per heavy atom. The molecule has 2 N–H and O–H groups in total. The van der Waals surface area contributed by atoms with Crippen LogP contribution < -0.4 is 20.1 Å². The average Bonchev–Trinajstić information content (AvgIpc) is 2.44. The van der Waals surface area contributed by atoms with E-state index in [9.17, 15) is 4.79 Å². The summed E-state index contributed by atoms with van der Waals surface area (Å²) in [7, 11) is 5.07. The number of methoxy groups -OCH3 is 1. The number of carbonyl (C=O) groups is 1. The van der Waals surface area contributed by atoms with E-state index >= 15 is 0 Å². The molecule has 1 saturated heterocycles. The molecule has 0 radical (unpaired) electrons. The van der Waals surface area contributed by atoms with Crippen molar-refractivity contribution in [3.8, 4) is 11.5 Å². The number of fused-ring (bicyclic) bond motifs is 4. The quantitative estimate of drug-likeness (QED) is 0.793. The van der Waals surface area contributed by atoms with Crippen LogP contribution in [0.25, 0.3) is 0 Å². The Hall–Kier alpha value is -2.02. The van der Waals surface area contributed by atoms with Crippen molar-refractivity contribution in [2.24, 2.45) is 5.92 Å². The molecule has 1 amide bonds. The summed E-state index contributed by atoms with van der Waals surface area (Å²) in [5.74, 6) is 0.820. The molecule has 2 aliphatic heterocycles. The Kier molecular flexibility index (Phi) is 3.40. The highest BCUT2D eigenvalue weighted by atomic mass is 32.1. The Labute approximate surface area is 134 Å². The summed E-state index contributed by atoms with van der Waals surface area (Å²) in [5.41, 5.74) is -0.0448. The van der Waals surface area contributed by atoms with Gasteiger partial charge in [-0.15, -0.1) is 0 Å². The number of para-hydroxylation sites is 1. The predicted octanol–water partition coefficient (Wildman–Crippen LogP) is 1.03. The normalized spacial score (nSPS) is 28.6. The van der Waals surface area contributed by atoms with E-state index < -0.39 is 11.6 Å². The van der Waals surface area contributed by atoms with E-state index in [1.54, 1.807) is 26.1 Å². The van der Waals surface area contributed by atoms with Crippen LogP contribution in [0, 0.1) is 5.92 Å². The lowest BCUT2D eigenvalue weighted by molar-refractivity contribution is -0.146. The van der Waals surface area contributed by atoms with Crippen LogP contribution in [0.4, 0.5) is 0 Å². The highest BCUT2D eigenvalue weighted by Crippen LogP contribution is 2.48. The fraction of sp³-hybridized carbons (Fsp3) is 0.467. The minimum atomic E-state index is -0.921. The third kappa shape index (κ3) is 2.08. The Balaban J connectivity index is 2.16. The minimum Gasteiger partial charge on any atom is -0.493 e. The third-order valence-corrected chi connectivity index (χ3v) is 4.38. The number of hydrogen-bond acceptors (Lipinski definition) is 4. The number of nitrogens with zero attached hydrogens (tertiary/aromatic N) is 1. The van der Waals surface area contributed by atoms with Gasteiger partial charge in [-0.2, -0.15) is 0 Å². The molecule has 1 aromatic rings. The summed E-state index contributed by atoms with van der Waals surface area (Å²) in [6, 6.07) is 5.39. The molecule has 3 rings (SSSR count). The predicted molar refractivity (Wildman–Crippen MR) is 85.8 cm³/mol. The number of amides is 1. The molecule has 2 bridgehead atoms. The number of thiocarbonyl (C=S) groups is 1. The van der Waals surface area contributed by atoms with Crippen molar-refractivity contribution in [3.63, 3.8) is 0 Å². The van der Waals surface area contributed by atoms with Crippen LogP contribution in [0.15, 0.2) is 18.2 Å². The van der Waals surface area contributed by atoms with E-state index in [4.69, 9.17) is 21.7 Å². The van der Waals surface area contributed by atoms with Gasteiger partial charge in [-0.05, 0) is 25.2 Å². The van der Waals surface area contributed by atoms with Crippen LogP contribution in [0.5, 0.6) is 11.5 Å². The molecule has 3 atom stereocenters. The van der Waals surface area contributed by atoms with Crippen LogP contribution in [0.1, 0.15) is 18.5 Å². The Morgan fingerprint density at radius 1 is 1.45 bits per heavy atom. The third-order valence-electron chi connectivity index (χ3n) is 4.16. The summed E-state index contributed by atoms with van der Waals surface area (Å²) >= 11 is 5.27. The standard InChI is InChI=1S/C15H19N3O3S/c1-15-10(13(19)18(2)3)11(16-14(22)17-15)8-6-5-7-9(20-4)12(8)21-15/h5-7,10-11H,1-4H3,(H2,16,17,22)/t10-,11+,15+/m0/s1. The van der Waals surface area contributed by atoms with Gasteiger partial charge in [0.2, 0.25) is 5.91 Å². The molecule has 1 aromatic carbocycles. The Morgan fingerprint density at radius 2 is 2.18 bits per heavy atom. The second kappa shape index (κ2) is 5.01. The van der Waals surface area contributed by atoms with Gasteiger partial charge in [-0.1, -0.05) is 12.1 Å². The van der Waals surface area contributed by atoms with Gasteiger partial charge in [0.05, 0.1) is 13.2 Å². The highest BCUT2D eigenvalue weighted by Gasteiger charge is 2.55. The molecule has 22 heavy (non-hydrogen) atoms. The van der Waals surface area contributed by atoms with Crippen molar-refractivity contribution >= 4 is 23.2 Å². The topological polar surface area (TPSA) is 62.8 Å². The fourth-order valence-electron chi connectivity index (χ4n) is 3.14. The van der Waals surface area contributed by atoms with Gasteiger partial charge >= 0.3 is 0 Å². The maximum Gasteiger partial charge on any atom is 0.233 e. The van der Waals surface area contributed by atoms with Crippen molar-refractivity contribution in [2.45, 2.75) is 18.7 Å². The molecule has 118 valence electrons. The number of hydrogen-bond donors (Lipinski definition) is 2. The highest BCUT2D eigenvalue weighted by molar-refractivity contribution is 7.80. The number of ether oxygens (including phenoxy) is 2. The van der Waals surface area contributed by atoms with Crippen molar-refractivity contribution in [2.75, 3.05) is 21.2 Å². The van der Waals surface area contributed by atoms with Crippen LogP contribution in [0.3, 0.4) is 0 Å². The maximum atomic E-state index is 12.7. The number of benzene rings is 1. The molecule has 0 aromatic heterocycles. The second-order valence-electron chi connectivity index (χ2n) is 5.87. The van der Waals surface area contributed by atoms with Crippen LogP contribution in [0.2, 0.25) is 0 Å². The van der Waals surface area contributed by atoms with Crippen LogP contribution >= 0.6 is 12.2 Å².